The standard InChI is InChI=1S/C9H16N2O6/c1-6(2)7-3-8(16-10(12)13)5-9(4-7)17-11(14)15/h6-9H,3-5H2,1-2H3/t7?,8-,9+. The lowest BCUT2D eigenvalue weighted by atomic mass is 9.79. The summed E-state index contributed by atoms with van der Waals surface area (Å²) in [6, 6.07) is 0. The first kappa shape index (κ1) is 13.5. The molecule has 98 valence electrons. The first-order valence-electron chi connectivity index (χ1n) is 5.50. The zero-order valence-electron chi connectivity index (χ0n) is 9.77. The molecule has 0 aromatic heterocycles. The van der Waals surface area contributed by atoms with E-state index in [1.54, 1.807) is 0 Å². The van der Waals surface area contributed by atoms with E-state index in [-0.39, 0.29) is 18.3 Å². The Labute approximate surface area is 98.1 Å². The van der Waals surface area contributed by atoms with E-state index in [0.717, 1.165) is 0 Å². The van der Waals surface area contributed by atoms with Crippen LogP contribution < -0.4 is 0 Å². The van der Waals surface area contributed by atoms with Crippen LogP contribution >= 0.6 is 0 Å². The molecule has 1 fully saturated rings. The molecule has 0 aromatic rings. The monoisotopic (exact) mass is 248 g/mol. The molecule has 1 rings (SSSR count). The van der Waals surface area contributed by atoms with Gasteiger partial charge in [-0.05, 0) is 24.7 Å². The maximum absolute atomic E-state index is 10.3. The first-order chi connectivity index (χ1) is 7.88. The highest BCUT2D eigenvalue weighted by molar-refractivity contribution is 4.80. The third-order valence-electron chi connectivity index (χ3n) is 3.07. The largest absolute Gasteiger partial charge is 0.311 e. The fraction of sp³-hybridized carbons (Fsp3) is 1.00. The SMILES string of the molecule is CC(C)C1C[C@@H](O[N+](=O)[O-])C[C@@H](O[N+](=O)[O-])C1. The average Bonchev–Trinajstić information content (AvgIpc) is 2.14. The van der Waals surface area contributed by atoms with Gasteiger partial charge in [0, 0.05) is 6.42 Å². The fourth-order valence-corrected chi connectivity index (χ4v) is 2.22. The molecular formula is C9H16N2O6. The van der Waals surface area contributed by atoms with Gasteiger partial charge in [-0.2, -0.15) is 0 Å². The van der Waals surface area contributed by atoms with Crippen molar-refractivity contribution >= 4 is 0 Å². The molecule has 0 radical (unpaired) electrons. The molecule has 0 spiro atoms. The molecule has 1 saturated carbocycles. The molecule has 17 heavy (non-hydrogen) atoms. The molecule has 0 heterocycles. The molecule has 1 unspecified atom stereocenters. The summed E-state index contributed by atoms with van der Waals surface area (Å²) in [4.78, 5) is 29.6. The molecule has 0 N–H and O–H groups in total. The second-order valence-corrected chi connectivity index (χ2v) is 4.61. The van der Waals surface area contributed by atoms with Crippen LogP contribution in [0.25, 0.3) is 0 Å². The molecule has 1 aliphatic rings. The summed E-state index contributed by atoms with van der Waals surface area (Å²) >= 11 is 0. The lowest BCUT2D eigenvalue weighted by Gasteiger charge is -2.34. The zero-order chi connectivity index (χ0) is 13.0. The maximum Gasteiger partial charge on any atom is 0.294 e. The Balaban J connectivity index is 2.61. The lowest BCUT2D eigenvalue weighted by Crippen LogP contribution is -2.37. The Morgan fingerprint density at radius 2 is 1.41 bits per heavy atom. The second-order valence-electron chi connectivity index (χ2n) is 4.61. The van der Waals surface area contributed by atoms with E-state index in [9.17, 15) is 20.2 Å². The summed E-state index contributed by atoms with van der Waals surface area (Å²) in [6.07, 6.45) is 0.0321. The minimum atomic E-state index is -0.851. The third-order valence-corrected chi connectivity index (χ3v) is 3.07. The minimum Gasteiger partial charge on any atom is -0.311 e. The van der Waals surface area contributed by atoms with Gasteiger partial charge in [0.1, 0.15) is 12.2 Å². The van der Waals surface area contributed by atoms with Gasteiger partial charge in [-0.1, -0.05) is 13.8 Å². The van der Waals surface area contributed by atoms with E-state index in [2.05, 4.69) is 9.68 Å². The molecule has 0 amide bonds. The van der Waals surface area contributed by atoms with Crippen molar-refractivity contribution in [2.75, 3.05) is 0 Å². The van der Waals surface area contributed by atoms with Gasteiger partial charge in [0.25, 0.3) is 10.2 Å². The van der Waals surface area contributed by atoms with Crippen molar-refractivity contribution in [3.63, 3.8) is 0 Å². The van der Waals surface area contributed by atoms with Crippen LogP contribution in [0.2, 0.25) is 0 Å². The van der Waals surface area contributed by atoms with Crippen LogP contribution in [0.5, 0.6) is 0 Å². The van der Waals surface area contributed by atoms with Crippen molar-refractivity contribution in [2.24, 2.45) is 11.8 Å². The highest BCUT2D eigenvalue weighted by atomic mass is 17.0. The van der Waals surface area contributed by atoms with Gasteiger partial charge in [-0.3, -0.25) is 0 Å². The van der Waals surface area contributed by atoms with Crippen LogP contribution in [0, 0.1) is 32.1 Å². The van der Waals surface area contributed by atoms with E-state index in [4.69, 9.17) is 0 Å². The third kappa shape index (κ3) is 4.41. The number of rotatable bonds is 5. The number of hydrogen-bond acceptors (Lipinski definition) is 6. The zero-order valence-corrected chi connectivity index (χ0v) is 9.77. The van der Waals surface area contributed by atoms with Crippen molar-refractivity contribution in [3.8, 4) is 0 Å². The maximum atomic E-state index is 10.3. The molecule has 0 saturated heterocycles. The van der Waals surface area contributed by atoms with Crippen LogP contribution in [-0.4, -0.2) is 22.4 Å². The van der Waals surface area contributed by atoms with Gasteiger partial charge < -0.3 is 9.68 Å². The van der Waals surface area contributed by atoms with Crippen molar-refractivity contribution in [1.82, 2.24) is 0 Å². The van der Waals surface area contributed by atoms with Gasteiger partial charge in [-0.25, -0.2) is 0 Å². The molecule has 0 aromatic carbocycles. The van der Waals surface area contributed by atoms with Crippen molar-refractivity contribution in [2.45, 2.75) is 45.3 Å². The topological polar surface area (TPSA) is 105 Å². The van der Waals surface area contributed by atoms with E-state index >= 15 is 0 Å². The van der Waals surface area contributed by atoms with E-state index in [0.29, 0.717) is 12.8 Å². The van der Waals surface area contributed by atoms with E-state index in [1.807, 2.05) is 13.8 Å². The molecule has 0 bridgehead atoms. The van der Waals surface area contributed by atoms with Gasteiger partial charge in [0.15, 0.2) is 0 Å². The predicted octanol–water partition coefficient (Wildman–Crippen LogP) is 1.60. The fourth-order valence-electron chi connectivity index (χ4n) is 2.22. The summed E-state index contributed by atoms with van der Waals surface area (Å²) < 4.78 is 0. The van der Waals surface area contributed by atoms with E-state index in [1.165, 1.54) is 0 Å². The van der Waals surface area contributed by atoms with Gasteiger partial charge >= 0.3 is 0 Å². The van der Waals surface area contributed by atoms with Crippen LogP contribution in [0.3, 0.4) is 0 Å². The molecule has 1 aliphatic carbocycles. The average molecular weight is 248 g/mol. The molecule has 0 aliphatic heterocycles. The summed E-state index contributed by atoms with van der Waals surface area (Å²) in [6.45, 7) is 3.95. The van der Waals surface area contributed by atoms with Crippen LogP contribution in [0.4, 0.5) is 0 Å². The molecule has 8 nitrogen and oxygen atoms in total. The normalized spacial score (nSPS) is 28.8. The Bertz CT molecular complexity index is 271. The first-order valence-corrected chi connectivity index (χ1v) is 5.50. The van der Waals surface area contributed by atoms with Crippen molar-refractivity contribution in [1.29, 1.82) is 0 Å². The summed E-state index contributed by atoms with van der Waals surface area (Å²) in [5.74, 6) is 0.421. The molecule has 8 heteroatoms. The summed E-state index contributed by atoms with van der Waals surface area (Å²) in [5.41, 5.74) is 0. The number of hydrogen-bond donors (Lipinski definition) is 0. The smallest absolute Gasteiger partial charge is 0.294 e. The second kappa shape index (κ2) is 5.65. The van der Waals surface area contributed by atoms with Crippen molar-refractivity contribution < 1.29 is 19.8 Å². The van der Waals surface area contributed by atoms with Crippen molar-refractivity contribution in [3.05, 3.63) is 20.2 Å². The number of nitrogens with zero attached hydrogens (tertiary/aromatic N) is 2. The molecule has 3 atom stereocenters. The summed E-state index contributed by atoms with van der Waals surface area (Å²) in [5, 5.41) is 18.9. The Hall–Kier alpha value is -1.60. The Morgan fingerprint density at radius 3 is 1.71 bits per heavy atom. The van der Waals surface area contributed by atoms with Gasteiger partial charge in [0.2, 0.25) is 0 Å². The van der Waals surface area contributed by atoms with Crippen LogP contribution in [0.15, 0.2) is 0 Å². The Kier molecular flexibility index (Phi) is 4.47. The minimum absolute atomic E-state index is 0.138. The molecular weight excluding hydrogens is 232 g/mol. The van der Waals surface area contributed by atoms with E-state index < -0.39 is 22.4 Å². The van der Waals surface area contributed by atoms with Gasteiger partial charge in [-0.15, -0.1) is 20.2 Å². The quantitative estimate of drug-likeness (QED) is 0.540. The lowest BCUT2D eigenvalue weighted by molar-refractivity contribution is -0.781. The highest BCUT2D eigenvalue weighted by Gasteiger charge is 2.34. The van der Waals surface area contributed by atoms with Gasteiger partial charge in [0.05, 0.1) is 0 Å². The van der Waals surface area contributed by atoms with Crippen LogP contribution in [-0.2, 0) is 9.68 Å². The van der Waals surface area contributed by atoms with Crippen LogP contribution in [0.1, 0.15) is 33.1 Å². The highest BCUT2D eigenvalue weighted by Crippen LogP contribution is 2.33. The summed E-state index contributed by atoms with van der Waals surface area (Å²) in [7, 11) is 0. The Morgan fingerprint density at radius 1 is 1.00 bits per heavy atom. The predicted molar refractivity (Wildman–Crippen MR) is 55.9 cm³/mol.